The van der Waals surface area contributed by atoms with Crippen LogP contribution in [0.3, 0.4) is 0 Å². The van der Waals surface area contributed by atoms with Crippen molar-refractivity contribution in [3.63, 3.8) is 0 Å². The molecule has 0 rings (SSSR count). The highest BCUT2D eigenvalue weighted by Crippen LogP contribution is 2.16. The maximum atomic E-state index is 9.25. The van der Waals surface area contributed by atoms with Gasteiger partial charge in [-0.15, -0.1) is 0 Å². The van der Waals surface area contributed by atoms with Gasteiger partial charge < -0.3 is 4.90 Å². The standard InChI is InChI=1S/C16H33N3/c1-7-11-18-16(5,13-17)10-8-9-12-19(6)14-15(2,3)4/h18H,7-12,14H2,1-6H3. The first kappa shape index (κ1) is 18.4. The molecule has 0 fully saturated rings. The lowest BCUT2D eigenvalue weighted by Gasteiger charge is -2.27. The van der Waals surface area contributed by atoms with E-state index in [2.05, 4.69) is 51.0 Å². The van der Waals surface area contributed by atoms with Gasteiger partial charge >= 0.3 is 0 Å². The molecule has 3 heteroatoms. The van der Waals surface area contributed by atoms with Gasteiger partial charge in [0.15, 0.2) is 0 Å². The second kappa shape index (κ2) is 8.55. The van der Waals surface area contributed by atoms with Crippen molar-refractivity contribution in [3.05, 3.63) is 0 Å². The van der Waals surface area contributed by atoms with Crippen molar-refractivity contribution in [2.75, 3.05) is 26.7 Å². The van der Waals surface area contributed by atoms with E-state index in [9.17, 15) is 5.26 Å². The Morgan fingerprint density at radius 2 is 1.79 bits per heavy atom. The minimum atomic E-state index is -0.349. The third-order valence-corrected chi connectivity index (χ3v) is 3.22. The number of nitrogens with one attached hydrogen (secondary N) is 1. The summed E-state index contributed by atoms with van der Waals surface area (Å²) in [5.41, 5.74) is 0.0111. The van der Waals surface area contributed by atoms with Gasteiger partial charge in [-0.25, -0.2) is 0 Å². The molecular weight excluding hydrogens is 234 g/mol. The van der Waals surface area contributed by atoms with Crippen molar-refractivity contribution in [1.29, 1.82) is 5.26 Å². The molecule has 1 atom stereocenters. The predicted molar refractivity (Wildman–Crippen MR) is 83.1 cm³/mol. The van der Waals surface area contributed by atoms with Gasteiger partial charge in [-0.1, -0.05) is 27.7 Å². The van der Waals surface area contributed by atoms with Crippen LogP contribution in [0.25, 0.3) is 0 Å². The summed E-state index contributed by atoms with van der Waals surface area (Å²) in [5.74, 6) is 0. The van der Waals surface area contributed by atoms with Crippen molar-refractivity contribution < 1.29 is 0 Å². The first-order valence-electron chi connectivity index (χ1n) is 7.57. The van der Waals surface area contributed by atoms with Gasteiger partial charge in [-0.05, 0) is 58.2 Å². The van der Waals surface area contributed by atoms with Crippen LogP contribution in [0.5, 0.6) is 0 Å². The molecule has 0 radical (unpaired) electrons. The fourth-order valence-electron chi connectivity index (χ4n) is 2.33. The molecule has 1 N–H and O–H groups in total. The van der Waals surface area contributed by atoms with E-state index >= 15 is 0 Å². The van der Waals surface area contributed by atoms with Crippen LogP contribution in [0.4, 0.5) is 0 Å². The quantitative estimate of drug-likeness (QED) is 0.651. The molecule has 0 aromatic carbocycles. The monoisotopic (exact) mass is 267 g/mol. The minimum Gasteiger partial charge on any atom is -0.306 e. The number of hydrogen-bond acceptors (Lipinski definition) is 3. The van der Waals surface area contributed by atoms with Crippen LogP contribution >= 0.6 is 0 Å². The molecule has 0 aromatic heterocycles. The van der Waals surface area contributed by atoms with E-state index in [0.717, 1.165) is 45.3 Å². The topological polar surface area (TPSA) is 39.1 Å². The van der Waals surface area contributed by atoms with Crippen LogP contribution in [-0.2, 0) is 0 Å². The first-order chi connectivity index (χ1) is 8.72. The van der Waals surface area contributed by atoms with Gasteiger partial charge in [-0.2, -0.15) is 5.26 Å². The highest BCUT2D eigenvalue weighted by molar-refractivity contribution is 5.03. The molecule has 0 spiro atoms. The largest absolute Gasteiger partial charge is 0.306 e. The number of rotatable bonds is 9. The van der Waals surface area contributed by atoms with Crippen LogP contribution < -0.4 is 5.32 Å². The Hall–Kier alpha value is -0.590. The summed E-state index contributed by atoms with van der Waals surface area (Å²) in [5, 5.41) is 12.6. The molecule has 3 nitrogen and oxygen atoms in total. The third kappa shape index (κ3) is 9.92. The van der Waals surface area contributed by atoms with E-state index in [-0.39, 0.29) is 5.54 Å². The average molecular weight is 267 g/mol. The number of nitriles is 1. The summed E-state index contributed by atoms with van der Waals surface area (Å²) in [6.07, 6.45) is 4.28. The van der Waals surface area contributed by atoms with Crippen LogP contribution in [0.2, 0.25) is 0 Å². The molecule has 0 bridgehead atoms. The van der Waals surface area contributed by atoms with Gasteiger partial charge in [0, 0.05) is 6.54 Å². The summed E-state index contributed by atoms with van der Waals surface area (Å²) in [6.45, 7) is 14.1. The van der Waals surface area contributed by atoms with Crippen molar-refractivity contribution >= 4 is 0 Å². The maximum Gasteiger partial charge on any atom is 0.103 e. The van der Waals surface area contributed by atoms with Crippen molar-refractivity contribution in [3.8, 4) is 6.07 Å². The molecule has 112 valence electrons. The summed E-state index contributed by atoms with van der Waals surface area (Å²) in [4.78, 5) is 2.39. The van der Waals surface area contributed by atoms with Crippen LogP contribution in [-0.4, -0.2) is 37.1 Å². The van der Waals surface area contributed by atoms with E-state index < -0.39 is 0 Å². The van der Waals surface area contributed by atoms with Gasteiger partial charge in [0.25, 0.3) is 0 Å². The van der Waals surface area contributed by atoms with E-state index in [1.807, 2.05) is 6.92 Å². The lowest BCUT2D eigenvalue weighted by molar-refractivity contribution is 0.221. The summed E-state index contributed by atoms with van der Waals surface area (Å²) in [7, 11) is 2.18. The first-order valence-corrected chi connectivity index (χ1v) is 7.57. The average Bonchev–Trinajstić information content (AvgIpc) is 2.30. The van der Waals surface area contributed by atoms with Crippen molar-refractivity contribution in [1.82, 2.24) is 10.2 Å². The normalized spacial score (nSPS) is 15.3. The number of nitrogens with zero attached hydrogens (tertiary/aromatic N) is 2. The Bertz CT molecular complexity index is 275. The van der Waals surface area contributed by atoms with Gasteiger partial charge in [0.05, 0.1) is 6.07 Å². The van der Waals surface area contributed by atoms with E-state index in [0.29, 0.717) is 5.41 Å². The summed E-state index contributed by atoms with van der Waals surface area (Å²) >= 11 is 0. The van der Waals surface area contributed by atoms with Crippen LogP contribution in [0.15, 0.2) is 0 Å². The van der Waals surface area contributed by atoms with Crippen molar-refractivity contribution in [2.24, 2.45) is 5.41 Å². The Labute approximate surface area is 120 Å². The molecule has 19 heavy (non-hydrogen) atoms. The van der Waals surface area contributed by atoms with Crippen LogP contribution in [0, 0.1) is 16.7 Å². The number of hydrogen-bond donors (Lipinski definition) is 1. The van der Waals surface area contributed by atoms with Gasteiger partial charge in [0.2, 0.25) is 0 Å². The zero-order chi connectivity index (χ0) is 14.9. The lowest BCUT2D eigenvalue weighted by atomic mass is 9.95. The zero-order valence-corrected chi connectivity index (χ0v) is 13.8. The summed E-state index contributed by atoms with van der Waals surface area (Å²) in [6, 6.07) is 2.41. The molecule has 0 aromatic rings. The highest BCUT2D eigenvalue weighted by Gasteiger charge is 2.21. The summed E-state index contributed by atoms with van der Waals surface area (Å²) < 4.78 is 0. The van der Waals surface area contributed by atoms with Crippen molar-refractivity contribution in [2.45, 2.75) is 65.8 Å². The smallest absolute Gasteiger partial charge is 0.103 e. The van der Waals surface area contributed by atoms with Crippen LogP contribution in [0.1, 0.15) is 60.3 Å². The second-order valence-corrected chi connectivity index (χ2v) is 7.13. The molecule has 0 saturated heterocycles. The van der Waals surface area contributed by atoms with E-state index in [1.54, 1.807) is 0 Å². The Morgan fingerprint density at radius 1 is 1.16 bits per heavy atom. The fraction of sp³-hybridized carbons (Fsp3) is 0.938. The SMILES string of the molecule is CCCNC(C)(C#N)CCCCN(C)CC(C)(C)C. The minimum absolute atomic E-state index is 0.349. The highest BCUT2D eigenvalue weighted by atomic mass is 15.1. The molecule has 0 heterocycles. The molecule has 0 aliphatic heterocycles. The molecule has 0 saturated carbocycles. The van der Waals surface area contributed by atoms with E-state index in [4.69, 9.17) is 0 Å². The van der Waals surface area contributed by atoms with E-state index in [1.165, 1.54) is 0 Å². The Morgan fingerprint density at radius 3 is 2.26 bits per heavy atom. The lowest BCUT2D eigenvalue weighted by Crippen LogP contribution is -2.41. The van der Waals surface area contributed by atoms with Gasteiger partial charge in [-0.3, -0.25) is 5.32 Å². The second-order valence-electron chi connectivity index (χ2n) is 7.13. The molecule has 0 aliphatic carbocycles. The number of unbranched alkanes of at least 4 members (excludes halogenated alkanes) is 1. The molecular formula is C16H33N3. The fourth-order valence-corrected chi connectivity index (χ4v) is 2.33. The predicted octanol–water partition coefficient (Wildman–Crippen LogP) is 3.42. The zero-order valence-electron chi connectivity index (χ0n) is 13.8. The molecule has 0 amide bonds. The van der Waals surface area contributed by atoms with Gasteiger partial charge in [0.1, 0.15) is 5.54 Å². The molecule has 1 unspecified atom stereocenters. The third-order valence-electron chi connectivity index (χ3n) is 3.22. The Kier molecular flexibility index (Phi) is 8.29. The maximum absolute atomic E-state index is 9.25. The Balaban J connectivity index is 3.87. The molecule has 0 aliphatic rings.